The Morgan fingerprint density at radius 2 is 1.88 bits per heavy atom. The Balaban J connectivity index is 2.43. The van der Waals surface area contributed by atoms with Crippen LogP contribution in [0.3, 0.4) is 0 Å². The summed E-state index contributed by atoms with van der Waals surface area (Å²) < 4.78 is 0. The summed E-state index contributed by atoms with van der Waals surface area (Å²) in [6.45, 7) is 4.44. The molecule has 0 aliphatic heterocycles. The number of aliphatic hydroxyl groups is 3. The monoisotopic (exact) mass is 354 g/mol. The third kappa shape index (κ3) is 8.02. The maximum atomic E-state index is 12.2. The zero-order valence-corrected chi connectivity index (χ0v) is 16.1. The molecule has 146 valence electrons. The van der Waals surface area contributed by atoms with Crippen LogP contribution in [0.5, 0.6) is 0 Å². The second kappa shape index (κ2) is 12.6. The van der Waals surface area contributed by atoms with E-state index < -0.39 is 6.10 Å². The van der Waals surface area contributed by atoms with E-state index >= 15 is 0 Å². The van der Waals surface area contributed by atoms with Gasteiger partial charge in [0.25, 0.3) is 0 Å². The molecular weight excluding hydrogens is 316 g/mol. The van der Waals surface area contributed by atoms with Crippen LogP contribution in [0.4, 0.5) is 0 Å². The Kier molecular flexibility index (Phi) is 11.3. The second-order valence-corrected chi connectivity index (χ2v) is 7.70. The SMILES string of the molecule is CCCC(C)C(O)C/C=C/[C@H]1[C@H](O)CC(=O)[C@@H]1CCCCCCCO. The number of ketones is 1. The Morgan fingerprint density at radius 1 is 1.20 bits per heavy atom. The average molecular weight is 355 g/mol. The van der Waals surface area contributed by atoms with Gasteiger partial charge in [0.05, 0.1) is 12.2 Å². The van der Waals surface area contributed by atoms with Crippen LogP contribution >= 0.6 is 0 Å². The fourth-order valence-electron chi connectivity index (χ4n) is 3.85. The highest BCUT2D eigenvalue weighted by atomic mass is 16.3. The summed E-state index contributed by atoms with van der Waals surface area (Å²) in [6, 6.07) is 0. The fraction of sp³-hybridized carbons (Fsp3) is 0.857. The lowest BCUT2D eigenvalue weighted by atomic mass is 9.88. The molecule has 0 bridgehead atoms. The van der Waals surface area contributed by atoms with E-state index in [2.05, 4.69) is 13.8 Å². The quantitative estimate of drug-likeness (QED) is 0.349. The van der Waals surface area contributed by atoms with E-state index in [9.17, 15) is 15.0 Å². The maximum Gasteiger partial charge on any atom is 0.139 e. The molecule has 0 saturated heterocycles. The molecule has 1 saturated carbocycles. The molecule has 3 N–H and O–H groups in total. The molecule has 0 radical (unpaired) electrons. The van der Waals surface area contributed by atoms with Gasteiger partial charge in [-0.25, -0.2) is 0 Å². The van der Waals surface area contributed by atoms with Crippen molar-refractivity contribution in [2.45, 2.75) is 90.3 Å². The van der Waals surface area contributed by atoms with Crippen molar-refractivity contribution in [3.05, 3.63) is 12.2 Å². The van der Waals surface area contributed by atoms with Gasteiger partial charge in [-0.2, -0.15) is 0 Å². The fourth-order valence-corrected chi connectivity index (χ4v) is 3.85. The highest BCUT2D eigenvalue weighted by Crippen LogP contribution is 2.34. The standard InChI is InChI=1S/C21H38O4/c1-3-10-16(2)19(23)13-9-12-18-17(20(24)15-21(18)25)11-7-5-4-6-8-14-22/h9,12,16-19,21-23,25H,3-8,10-11,13-15H2,1-2H3/b12-9+/t16?,17-,18-,19?,21-/m1/s1. The smallest absolute Gasteiger partial charge is 0.139 e. The van der Waals surface area contributed by atoms with Crippen molar-refractivity contribution in [3.8, 4) is 0 Å². The summed E-state index contributed by atoms with van der Waals surface area (Å²) >= 11 is 0. The third-order valence-corrected chi connectivity index (χ3v) is 5.54. The molecule has 2 unspecified atom stereocenters. The Labute approximate surface area is 153 Å². The van der Waals surface area contributed by atoms with Crippen LogP contribution in [0.15, 0.2) is 12.2 Å². The number of Topliss-reactive ketones (excluding diaryl/α,β-unsaturated/α-hetero) is 1. The minimum Gasteiger partial charge on any atom is -0.396 e. The normalized spacial score (nSPS) is 26.4. The van der Waals surface area contributed by atoms with Crippen molar-refractivity contribution in [1.29, 1.82) is 0 Å². The van der Waals surface area contributed by atoms with E-state index in [0.29, 0.717) is 6.42 Å². The largest absolute Gasteiger partial charge is 0.396 e. The minimum absolute atomic E-state index is 0.0747. The van der Waals surface area contributed by atoms with Crippen molar-refractivity contribution in [1.82, 2.24) is 0 Å². The molecule has 0 aromatic rings. The number of hydrogen-bond donors (Lipinski definition) is 3. The zero-order chi connectivity index (χ0) is 18.7. The zero-order valence-electron chi connectivity index (χ0n) is 16.1. The van der Waals surface area contributed by atoms with Crippen LogP contribution in [0.25, 0.3) is 0 Å². The number of aliphatic hydroxyl groups excluding tert-OH is 3. The number of carbonyl (C=O) groups is 1. The molecule has 0 amide bonds. The molecule has 4 nitrogen and oxygen atoms in total. The first-order valence-corrected chi connectivity index (χ1v) is 10.2. The minimum atomic E-state index is -0.576. The second-order valence-electron chi connectivity index (χ2n) is 7.70. The van der Waals surface area contributed by atoms with Crippen molar-refractivity contribution < 1.29 is 20.1 Å². The predicted octanol–water partition coefficient (Wildman–Crippen LogP) is 3.63. The first-order chi connectivity index (χ1) is 12.0. The van der Waals surface area contributed by atoms with Crippen LogP contribution in [-0.2, 0) is 4.79 Å². The van der Waals surface area contributed by atoms with Crippen LogP contribution < -0.4 is 0 Å². The molecule has 4 heteroatoms. The summed E-state index contributed by atoms with van der Waals surface area (Å²) in [7, 11) is 0. The summed E-state index contributed by atoms with van der Waals surface area (Å²) in [5.74, 6) is 0.282. The summed E-state index contributed by atoms with van der Waals surface area (Å²) in [4.78, 5) is 12.2. The molecule has 0 heterocycles. The van der Waals surface area contributed by atoms with Gasteiger partial charge in [0.15, 0.2) is 0 Å². The van der Waals surface area contributed by atoms with E-state index in [4.69, 9.17) is 5.11 Å². The van der Waals surface area contributed by atoms with Crippen molar-refractivity contribution >= 4 is 5.78 Å². The van der Waals surface area contributed by atoms with E-state index in [0.717, 1.165) is 51.4 Å². The molecule has 25 heavy (non-hydrogen) atoms. The average Bonchev–Trinajstić information content (AvgIpc) is 2.84. The van der Waals surface area contributed by atoms with Gasteiger partial charge in [-0.3, -0.25) is 4.79 Å². The molecule has 1 aliphatic rings. The lowest BCUT2D eigenvalue weighted by Crippen LogP contribution is -2.19. The molecule has 5 atom stereocenters. The van der Waals surface area contributed by atoms with Gasteiger partial charge in [0, 0.05) is 24.9 Å². The predicted molar refractivity (Wildman–Crippen MR) is 101 cm³/mol. The van der Waals surface area contributed by atoms with E-state index in [1.165, 1.54) is 0 Å². The van der Waals surface area contributed by atoms with Gasteiger partial charge < -0.3 is 15.3 Å². The number of hydrogen-bond acceptors (Lipinski definition) is 4. The molecular formula is C21H38O4. The molecule has 1 rings (SSSR count). The van der Waals surface area contributed by atoms with Crippen molar-refractivity contribution in [3.63, 3.8) is 0 Å². The summed E-state index contributed by atoms with van der Waals surface area (Å²) in [6.07, 6.45) is 11.8. The van der Waals surface area contributed by atoms with Crippen LogP contribution in [0.1, 0.15) is 78.1 Å². The summed E-state index contributed by atoms with van der Waals surface area (Å²) in [5, 5.41) is 29.1. The molecule has 1 fully saturated rings. The van der Waals surface area contributed by atoms with Crippen molar-refractivity contribution in [2.75, 3.05) is 6.61 Å². The number of rotatable bonds is 13. The van der Waals surface area contributed by atoms with Crippen molar-refractivity contribution in [2.24, 2.45) is 17.8 Å². The molecule has 1 aliphatic carbocycles. The van der Waals surface area contributed by atoms with Gasteiger partial charge in [0.1, 0.15) is 5.78 Å². The van der Waals surface area contributed by atoms with Crippen LogP contribution in [0, 0.1) is 17.8 Å². The van der Waals surface area contributed by atoms with Gasteiger partial charge >= 0.3 is 0 Å². The molecule has 0 aromatic heterocycles. The van der Waals surface area contributed by atoms with E-state index in [-0.39, 0.29) is 42.7 Å². The number of carbonyl (C=O) groups excluding carboxylic acids is 1. The highest BCUT2D eigenvalue weighted by Gasteiger charge is 2.39. The first kappa shape index (κ1) is 22.3. The van der Waals surface area contributed by atoms with E-state index in [1.807, 2.05) is 12.2 Å². The Bertz CT molecular complexity index is 393. The Hall–Kier alpha value is -0.710. The van der Waals surface area contributed by atoms with E-state index in [1.54, 1.807) is 0 Å². The summed E-state index contributed by atoms with van der Waals surface area (Å²) in [5.41, 5.74) is 0. The highest BCUT2D eigenvalue weighted by molar-refractivity contribution is 5.84. The molecule has 0 aromatic carbocycles. The number of unbranched alkanes of at least 4 members (excludes halogenated alkanes) is 4. The lowest BCUT2D eigenvalue weighted by Gasteiger charge is -2.19. The van der Waals surface area contributed by atoms with Crippen LogP contribution in [-0.4, -0.2) is 39.9 Å². The van der Waals surface area contributed by atoms with Gasteiger partial charge in [-0.15, -0.1) is 0 Å². The first-order valence-electron chi connectivity index (χ1n) is 10.2. The van der Waals surface area contributed by atoms with Crippen LogP contribution in [0.2, 0.25) is 0 Å². The maximum absolute atomic E-state index is 12.2. The topological polar surface area (TPSA) is 77.8 Å². The molecule has 0 spiro atoms. The van der Waals surface area contributed by atoms with Gasteiger partial charge in [-0.05, 0) is 31.6 Å². The Morgan fingerprint density at radius 3 is 2.56 bits per heavy atom. The lowest BCUT2D eigenvalue weighted by molar-refractivity contribution is -0.121. The third-order valence-electron chi connectivity index (χ3n) is 5.54. The van der Waals surface area contributed by atoms with Gasteiger partial charge in [0.2, 0.25) is 0 Å². The van der Waals surface area contributed by atoms with Gasteiger partial charge in [-0.1, -0.05) is 58.1 Å².